The van der Waals surface area contributed by atoms with Crippen molar-refractivity contribution in [2.75, 3.05) is 31.6 Å². The molecule has 1 unspecified atom stereocenters. The second-order valence-electron chi connectivity index (χ2n) is 5.72. The molecule has 0 aromatic heterocycles. The van der Waals surface area contributed by atoms with Gasteiger partial charge in [0.15, 0.2) is 0 Å². The molecule has 0 spiro atoms. The molecule has 3 amide bonds. The van der Waals surface area contributed by atoms with Crippen molar-refractivity contribution in [3.63, 3.8) is 0 Å². The van der Waals surface area contributed by atoms with Gasteiger partial charge in [-0.15, -0.1) is 0 Å². The molecule has 9 heteroatoms. The van der Waals surface area contributed by atoms with Gasteiger partial charge in [0, 0.05) is 18.1 Å². The van der Waals surface area contributed by atoms with E-state index in [-0.39, 0.29) is 23.0 Å². The Balaban J connectivity index is 2.77. The lowest BCUT2D eigenvalue weighted by atomic mass is 10.1. The summed E-state index contributed by atoms with van der Waals surface area (Å²) in [6.07, 6.45) is 2.35. The van der Waals surface area contributed by atoms with Crippen LogP contribution >= 0.6 is 35.0 Å². The third-order valence-electron chi connectivity index (χ3n) is 3.94. The maximum absolute atomic E-state index is 12.5. The van der Waals surface area contributed by atoms with Crippen LogP contribution in [-0.2, 0) is 9.59 Å². The fourth-order valence-electron chi connectivity index (χ4n) is 2.39. The molecule has 0 heterocycles. The van der Waals surface area contributed by atoms with Gasteiger partial charge in [-0.2, -0.15) is 11.8 Å². The van der Waals surface area contributed by atoms with E-state index < -0.39 is 17.9 Å². The monoisotopic (exact) mass is 433 g/mol. The third-order valence-corrected chi connectivity index (χ3v) is 5.13. The summed E-state index contributed by atoms with van der Waals surface area (Å²) in [4.78, 5) is 38.7. The number of halogens is 2. The predicted molar refractivity (Wildman–Crippen MR) is 112 cm³/mol. The number of thioether (sulfide) groups is 1. The van der Waals surface area contributed by atoms with Crippen molar-refractivity contribution in [1.29, 1.82) is 0 Å². The molecule has 1 rings (SSSR count). The average molecular weight is 434 g/mol. The molecule has 6 nitrogen and oxygen atoms in total. The highest BCUT2D eigenvalue weighted by molar-refractivity contribution is 7.98. The third kappa shape index (κ3) is 7.60. The molecule has 27 heavy (non-hydrogen) atoms. The number of hydrogen-bond donors (Lipinski definition) is 2. The Kier molecular flexibility index (Phi) is 10.6. The second-order valence-corrected chi connectivity index (χ2v) is 7.54. The van der Waals surface area contributed by atoms with Crippen LogP contribution in [0.25, 0.3) is 0 Å². The van der Waals surface area contributed by atoms with Crippen molar-refractivity contribution in [1.82, 2.24) is 15.5 Å². The van der Waals surface area contributed by atoms with Gasteiger partial charge in [0.05, 0.1) is 17.1 Å². The highest BCUT2D eigenvalue weighted by Gasteiger charge is 2.23. The van der Waals surface area contributed by atoms with Gasteiger partial charge >= 0.3 is 0 Å². The number of nitrogens with one attached hydrogen (secondary N) is 2. The Bertz CT molecular complexity index is 669. The van der Waals surface area contributed by atoms with Crippen LogP contribution in [0.4, 0.5) is 0 Å². The minimum Gasteiger partial charge on any atom is -0.345 e. The molecular weight excluding hydrogens is 409 g/mol. The molecule has 0 saturated carbocycles. The van der Waals surface area contributed by atoms with E-state index in [0.29, 0.717) is 30.3 Å². The normalized spacial score (nSPS) is 11.6. The van der Waals surface area contributed by atoms with Gasteiger partial charge in [-0.1, -0.05) is 23.2 Å². The number of carbonyl (C=O) groups excluding carboxylic acids is 3. The number of hydrogen-bond acceptors (Lipinski definition) is 4. The van der Waals surface area contributed by atoms with Crippen molar-refractivity contribution in [3.05, 3.63) is 33.8 Å². The Hall–Kier alpha value is -1.44. The zero-order chi connectivity index (χ0) is 20.4. The van der Waals surface area contributed by atoms with E-state index in [0.717, 1.165) is 0 Å². The topological polar surface area (TPSA) is 78.5 Å². The summed E-state index contributed by atoms with van der Waals surface area (Å²) in [5, 5.41) is 5.93. The van der Waals surface area contributed by atoms with Gasteiger partial charge in [0.2, 0.25) is 11.8 Å². The maximum Gasteiger partial charge on any atom is 0.253 e. The molecule has 2 N–H and O–H groups in total. The van der Waals surface area contributed by atoms with Crippen LogP contribution in [0.3, 0.4) is 0 Å². The molecule has 0 aliphatic rings. The van der Waals surface area contributed by atoms with Crippen LogP contribution in [0.15, 0.2) is 18.2 Å². The Morgan fingerprint density at radius 1 is 1.19 bits per heavy atom. The lowest BCUT2D eigenvalue weighted by Crippen LogP contribution is -2.49. The molecule has 150 valence electrons. The van der Waals surface area contributed by atoms with E-state index in [1.807, 2.05) is 20.1 Å². The molecule has 0 saturated heterocycles. The Morgan fingerprint density at radius 3 is 2.41 bits per heavy atom. The van der Waals surface area contributed by atoms with E-state index in [9.17, 15) is 14.4 Å². The zero-order valence-electron chi connectivity index (χ0n) is 15.7. The molecule has 0 fully saturated rings. The first-order chi connectivity index (χ1) is 12.8. The number of amides is 3. The van der Waals surface area contributed by atoms with Gasteiger partial charge in [-0.05, 0) is 50.5 Å². The van der Waals surface area contributed by atoms with Crippen molar-refractivity contribution >= 4 is 52.7 Å². The van der Waals surface area contributed by atoms with E-state index >= 15 is 0 Å². The van der Waals surface area contributed by atoms with Crippen LogP contribution in [0.5, 0.6) is 0 Å². The summed E-state index contributed by atoms with van der Waals surface area (Å²) >= 11 is 13.5. The number of nitrogens with zero attached hydrogens (tertiary/aromatic N) is 1. The Labute approximate surface area is 174 Å². The van der Waals surface area contributed by atoms with Crippen LogP contribution in [-0.4, -0.2) is 60.3 Å². The molecule has 1 aromatic carbocycles. The van der Waals surface area contributed by atoms with Gasteiger partial charge in [-0.25, -0.2) is 0 Å². The summed E-state index contributed by atoms with van der Waals surface area (Å²) in [5.74, 6) is -0.350. The summed E-state index contributed by atoms with van der Waals surface area (Å²) in [5.41, 5.74) is 0.238. The first-order valence-corrected chi connectivity index (χ1v) is 10.8. The summed E-state index contributed by atoms with van der Waals surface area (Å²) in [7, 11) is 0. The van der Waals surface area contributed by atoms with Crippen molar-refractivity contribution in [2.24, 2.45) is 0 Å². The van der Waals surface area contributed by atoms with E-state index in [1.165, 1.54) is 12.1 Å². The smallest absolute Gasteiger partial charge is 0.253 e. The second kappa shape index (κ2) is 12.1. The summed E-state index contributed by atoms with van der Waals surface area (Å²) < 4.78 is 0. The van der Waals surface area contributed by atoms with E-state index in [1.54, 1.807) is 22.7 Å². The highest BCUT2D eigenvalue weighted by Crippen LogP contribution is 2.21. The van der Waals surface area contributed by atoms with Crippen LogP contribution in [0, 0.1) is 0 Å². The lowest BCUT2D eigenvalue weighted by molar-refractivity contribution is -0.133. The Morgan fingerprint density at radius 2 is 1.85 bits per heavy atom. The minimum absolute atomic E-state index is 0.103. The van der Waals surface area contributed by atoms with E-state index in [4.69, 9.17) is 23.2 Å². The SMILES string of the molecule is CCN(CC)C(=O)CNC(=O)C(CCSC)NC(=O)c1ccc(Cl)cc1Cl. The first kappa shape index (κ1) is 23.6. The molecule has 1 aromatic rings. The predicted octanol–water partition coefficient (Wildman–Crippen LogP) is 2.83. The molecule has 0 aliphatic heterocycles. The standard InChI is InChI=1S/C18H25Cl2N3O3S/c1-4-23(5-2)16(24)11-21-18(26)15(8-9-27-3)22-17(25)13-7-6-12(19)10-14(13)20/h6-7,10,15H,4-5,8-9,11H2,1-3H3,(H,21,26)(H,22,25). The van der Waals surface area contributed by atoms with Crippen molar-refractivity contribution in [2.45, 2.75) is 26.3 Å². The average Bonchev–Trinajstić information content (AvgIpc) is 2.63. The molecule has 0 radical (unpaired) electrons. The zero-order valence-corrected chi connectivity index (χ0v) is 18.0. The van der Waals surface area contributed by atoms with Crippen LogP contribution < -0.4 is 10.6 Å². The number of rotatable bonds is 10. The van der Waals surface area contributed by atoms with Gasteiger partial charge in [0.25, 0.3) is 5.91 Å². The van der Waals surface area contributed by atoms with E-state index in [2.05, 4.69) is 10.6 Å². The van der Waals surface area contributed by atoms with Crippen LogP contribution in [0.1, 0.15) is 30.6 Å². The molecule has 0 aliphatic carbocycles. The number of benzene rings is 1. The summed E-state index contributed by atoms with van der Waals surface area (Å²) in [6, 6.07) is 3.77. The first-order valence-electron chi connectivity index (χ1n) is 8.64. The number of carbonyl (C=O) groups is 3. The fourth-order valence-corrected chi connectivity index (χ4v) is 3.35. The van der Waals surface area contributed by atoms with Gasteiger partial charge < -0.3 is 15.5 Å². The molecule has 1 atom stereocenters. The van der Waals surface area contributed by atoms with Crippen molar-refractivity contribution < 1.29 is 14.4 Å². The number of likely N-dealkylation sites (N-methyl/N-ethyl adjacent to an activating group) is 1. The van der Waals surface area contributed by atoms with Crippen molar-refractivity contribution in [3.8, 4) is 0 Å². The maximum atomic E-state index is 12.5. The quantitative estimate of drug-likeness (QED) is 0.594. The molecule has 0 bridgehead atoms. The minimum atomic E-state index is -0.763. The molecular formula is C18H25Cl2N3O3S. The van der Waals surface area contributed by atoms with Crippen LogP contribution in [0.2, 0.25) is 10.0 Å². The summed E-state index contributed by atoms with van der Waals surface area (Å²) in [6.45, 7) is 4.80. The largest absolute Gasteiger partial charge is 0.345 e. The fraction of sp³-hybridized carbons (Fsp3) is 0.500. The highest BCUT2D eigenvalue weighted by atomic mass is 35.5. The lowest BCUT2D eigenvalue weighted by Gasteiger charge is -2.21. The van der Waals surface area contributed by atoms with Gasteiger partial charge in [0.1, 0.15) is 6.04 Å². The van der Waals surface area contributed by atoms with Gasteiger partial charge in [-0.3, -0.25) is 14.4 Å².